The van der Waals surface area contributed by atoms with Crippen LogP contribution in [0, 0.1) is 5.92 Å². The minimum Gasteiger partial charge on any atom is -0.316 e. The lowest BCUT2D eigenvalue weighted by Gasteiger charge is -2.26. The van der Waals surface area contributed by atoms with Crippen LogP contribution in [0.2, 0.25) is 0 Å². The predicted molar refractivity (Wildman–Crippen MR) is 64.5 cm³/mol. The van der Waals surface area contributed by atoms with Gasteiger partial charge in [-0.2, -0.15) is 11.8 Å². The molecule has 0 saturated heterocycles. The molecule has 1 N–H and O–H groups in total. The van der Waals surface area contributed by atoms with E-state index in [1.165, 1.54) is 6.42 Å². The highest BCUT2D eigenvalue weighted by Gasteiger charge is 2.18. The summed E-state index contributed by atoms with van der Waals surface area (Å²) < 4.78 is 0. The summed E-state index contributed by atoms with van der Waals surface area (Å²) in [5, 5.41) is 4.85. The monoisotopic (exact) mass is 203 g/mol. The van der Waals surface area contributed by atoms with Gasteiger partial charge in [-0.3, -0.25) is 0 Å². The van der Waals surface area contributed by atoms with E-state index in [-0.39, 0.29) is 0 Å². The smallest absolute Gasteiger partial charge is 0.0178 e. The van der Waals surface area contributed by atoms with Crippen LogP contribution in [0.25, 0.3) is 0 Å². The predicted octanol–water partition coefficient (Wildman–Crippen LogP) is 3.15. The van der Waals surface area contributed by atoms with E-state index in [1.54, 1.807) is 0 Å². The van der Waals surface area contributed by atoms with Crippen molar-refractivity contribution in [2.24, 2.45) is 5.92 Å². The van der Waals surface area contributed by atoms with Gasteiger partial charge in [-0.25, -0.2) is 0 Å². The maximum Gasteiger partial charge on any atom is 0.0178 e. The van der Waals surface area contributed by atoms with Crippen LogP contribution < -0.4 is 5.32 Å². The molecule has 0 amide bonds. The number of hydrogen-bond donors (Lipinski definition) is 1. The van der Waals surface area contributed by atoms with E-state index in [9.17, 15) is 0 Å². The molecule has 0 aliphatic heterocycles. The standard InChI is InChI=1S/C11H25NS/c1-7-11(12-6)10(5)13-9(4)8(2)3/h8-12H,7H2,1-6H3. The molecule has 80 valence electrons. The third-order valence-electron chi connectivity index (χ3n) is 2.75. The largest absolute Gasteiger partial charge is 0.316 e. The molecule has 0 spiro atoms. The van der Waals surface area contributed by atoms with Gasteiger partial charge < -0.3 is 5.32 Å². The molecule has 13 heavy (non-hydrogen) atoms. The fourth-order valence-electron chi connectivity index (χ4n) is 1.36. The highest BCUT2D eigenvalue weighted by Crippen LogP contribution is 2.26. The van der Waals surface area contributed by atoms with Crippen molar-refractivity contribution in [1.82, 2.24) is 5.32 Å². The Morgan fingerprint density at radius 2 is 1.62 bits per heavy atom. The molecule has 3 atom stereocenters. The van der Waals surface area contributed by atoms with E-state index in [0.29, 0.717) is 11.3 Å². The second-order valence-corrected chi connectivity index (χ2v) is 5.85. The van der Waals surface area contributed by atoms with Crippen molar-refractivity contribution in [2.75, 3.05) is 7.05 Å². The van der Waals surface area contributed by atoms with Crippen LogP contribution in [-0.2, 0) is 0 Å². The third-order valence-corrected chi connectivity index (χ3v) is 4.48. The summed E-state index contributed by atoms with van der Waals surface area (Å²) in [6, 6.07) is 0.659. The number of thioether (sulfide) groups is 1. The molecule has 0 saturated carbocycles. The Morgan fingerprint density at radius 3 is 1.92 bits per heavy atom. The molecule has 0 fully saturated rings. The summed E-state index contributed by atoms with van der Waals surface area (Å²) in [6.45, 7) is 11.5. The first-order valence-corrected chi connectivity index (χ1v) is 6.29. The van der Waals surface area contributed by atoms with E-state index in [2.05, 4.69) is 58.7 Å². The van der Waals surface area contributed by atoms with Crippen molar-refractivity contribution in [3.8, 4) is 0 Å². The van der Waals surface area contributed by atoms with Crippen molar-refractivity contribution in [3.63, 3.8) is 0 Å². The van der Waals surface area contributed by atoms with Crippen LogP contribution in [0.4, 0.5) is 0 Å². The lowest BCUT2D eigenvalue weighted by atomic mass is 10.1. The Bertz CT molecular complexity index is 121. The molecule has 0 aromatic carbocycles. The van der Waals surface area contributed by atoms with Gasteiger partial charge in [0.2, 0.25) is 0 Å². The summed E-state index contributed by atoms with van der Waals surface area (Å²) in [7, 11) is 2.06. The van der Waals surface area contributed by atoms with Gasteiger partial charge in [-0.15, -0.1) is 0 Å². The molecule has 0 bridgehead atoms. The zero-order valence-electron chi connectivity index (χ0n) is 9.92. The topological polar surface area (TPSA) is 12.0 Å². The van der Waals surface area contributed by atoms with E-state index >= 15 is 0 Å². The van der Waals surface area contributed by atoms with E-state index in [4.69, 9.17) is 0 Å². The lowest BCUT2D eigenvalue weighted by Crippen LogP contribution is -2.34. The minimum atomic E-state index is 0.659. The molecule has 0 aliphatic rings. The fourth-order valence-corrected chi connectivity index (χ4v) is 2.87. The van der Waals surface area contributed by atoms with Crippen LogP contribution in [-0.4, -0.2) is 23.6 Å². The van der Waals surface area contributed by atoms with Crippen LogP contribution in [0.1, 0.15) is 41.0 Å². The number of rotatable bonds is 6. The SMILES string of the molecule is CCC(NC)C(C)SC(C)C(C)C. The van der Waals surface area contributed by atoms with Crippen LogP contribution >= 0.6 is 11.8 Å². The van der Waals surface area contributed by atoms with Gasteiger partial charge in [0.15, 0.2) is 0 Å². The van der Waals surface area contributed by atoms with Crippen LogP contribution in [0.3, 0.4) is 0 Å². The Kier molecular flexibility index (Phi) is 6.88. The maximum absolute atomic E-state index is 3.37. The van der Waals surface area contributed by atoms with Crippen molar-refractivity contribution in [3.05, 3.63) is 0 Å². The Morgan fingerprint density at radius 1 is 1.08 bits per heavy atom. The normalized spacial score (nSPS) is 18.7. The summed E-state index contributed by atoms with van der Waals surface area (Å²) in [5.74, 6) is 0.779. The zero-order valence-corrected chi connectivity index (χ0v) is 10.7. The number of nitrogens with one attached hydrogen (secondary N) is 1. The second-order valence-electron chi connectivity index (χ2n) is 4.09. The van der Waals surface area contributed by atoms with Crippen molar-refractivity contribution in [2.45, 2.75) is 57.6 Å². The average molecular weight is 203 g/mol. The van der Waals surface area contributed by atoms with Gasteiger partial charge in [0.05, 0.1) is 0 Å². The summed E-state index contributed by atoms with van der Waals surface area (Å²) in [6.07, 6.45) is 1.22. The molecule has 0 aromatic rings. The first kappa shape index (κ1) is 13.3. The van der Waals surface area contributed by atoms with Gasteiger partial charge in [0.25, 0.3) is 0 Å². The Labute approximate surface area is 88.1 Å². The molecule has 0 heterocycles. The summed E-state index contributed by atoms with van der Waals surface area (Å²) in [4.78, 5) is 0. The number of hydrogen-bond acceptors (Lipinski definition) is 2. The van der Waals surface area contributed by atoms with Gasteiger partial charge in [0.1, 0.15) is 0 Å². The zero-order chi connectivity index (χ0) is 10.4. The molecule has 0 radical (unpaired) electrons. The van der Waals surface area contributed by atoms with E-state index in [1.807, 2.05) is 0 Å². The highest BCUT2D eigenvalue weighted by atomic mass is 32.2. The second kappa shape index (κ2) is 6.72. The Hall–Kier alpha value is 0.310. The third kappa shape index (κ3) is 4.92. The first-order valence-electron chi connectivity index (χ1n) is 5.35. The molecule has 1 nitrogen and oxygen atoms in total. The van der Waals surface area contributed by atoms with Gasteiger partial charge in [0, 0.05) is 16.5 Å². The molecule has 2 heteroatoms. The van der Waals surface area contributed by atoms with E-state index < -0.39 is 0 Å². The van der Waals surface area contributed by atoms with E-state index in [0.717, 1.165) is 11.2 Å². The van der Waals surface area contributed by atoms with Crippen LogP contribution in [0.5, 0.6) is 0 Å². The van der Waals surface area contributed by atoms with Crippen molar-refractivity contribution >= 4 is 11.8 Å². The van der Waals surface area contributed by atoms with Gasteiger partial charge in [-0.05, 0) is 19.4 Å². The first-order chi connectivity index (χ1) is 6.02. The Balaban J connectivity index is 3.89. The molecular formula is C11H25NS. The molecule has 3 unspecified atom stereocenters. The molecule has 0 aromatic heterocycles. The molecule has 0 rings (SSSR count). The average Bonchev–Trinajstić information content (AvgIpc) is 2.06. The highest BCUT2D eigenvalue weighted by molar-refractivity contribution is 8.00. The molecule has 0 aliphatic carbocycles. The minimum absolute atomic E-state index is 0.659. The lowest BCUT2D eigenvalue weighted by molar-refractivity contribution is 0.536. The van der Waals surface area contributed by atoms with Gasteiger partial charge >= 0.3 is 0 Å². The van der Waals surface area contributed by atoms with Gasteiger partial charge in [-0.1, -0.05) is 34.6 Å². The van der Waals surface area contributed by atoms with Crippen molar-refractivity contribution < 1.29 is 0 Å². The van der Waals surface area contributed by atoms with Crippen molar-refractivity contribution in [1.29, 1.82) is 0 Å². The summed E-state index contributed by atoms with van der Waals surface area (Å²) in [5.41, 5.74) is 0. The maximum atomic E-state index is 3.37. The summed E-state index contributed by atoms with van der Waals surface area (Å²) >= 11 is 2.10. The van der Waals surface area contributed by atoms with Crippen LogP contribution in [0.15, 0.2) is 0 Å². The molecular weight excluding hydrogens is 178 g/mol. The fraction of sp³-hybridized carbons (Fsp3) is 1.00. The quantitative estimate of drug-likeness (QED) is 0.712.